The Hall–Kier alpha value is -3.13. The molecule has 0 saturated carbocycles. The van der Waals surface area contributed by atoms with Gasteiger partial charge in [-0.3, -0.25) is 10.1 Å². The fraction of sp³-hybridized carbons (Fsp3) is 0. The molecule has 0 spiro atoms. The molecule has 0 fully saturated rings. The number of nitrogens with one attached hydrogen (secondary N) is 1. The van der Waals surface area contributed by atoms with E-state index >= 15 is 0 Å². The Bertz CT molecular complexity index is 894. The number of benzene rings is 2. The Morgan fingerprint density at radius 2 is 1.64 bits per heavy atom. The number of hydrogen-bond acceptors (Lipinski definition) is 6. The molecule has 124 valence electrons. The molecular formula is C17H12BrN5O2. The number of rotatable bonds is 5. The van der Waals surface area contributed by atoms with Gasteiger partial charge in [-0.25, -0.2) is 15.4 Å². The summed E-state index contributed by atoms with van der Waals surface area (Å²) < 4.78 is 1.00. The lowest BCUT2D eigenvalue weighted by atomic mass is 10.1. The van der Waals surface area contributed by atoms with Gasteiger partial charge < -0.3 is 0 Å². The van der Waals surface area contributed by atoms with Crippen LogP contribution in [0.25, 0.3) is 11.1 Å². The highest BCUT2D eigenvalue weighted by Crippen LogP contribution is 2.21. The molecule has 1 aromatic heterocycles. The summed E-state index contributed by atoms with van der Waals surface area (Å²) in [5.74, 6) is 0.360. The molecule has 25 heavy (non-hydrogen) atoms. The maximum absolute atomic E-state index is 10.7. The van der Waals surface area contributed by atoms with Gasteiger partial charge in [0.05, 0.1) is 11.1 Å². The minimum atomic E-state index is -0.434. The number of anilines is 1. The number of halogens is 1. The molecule has 2 aromatic carbocycles. The van der Waals surface area contributed by atoms with Crippen molar-refractivity contribution in [1.29, 1.82) is 0 Å². The van der Waals surface area contributed by atoms with E-state index in [1.165, 1.54) is 12.1 Å². The minimum Gasteiger partial charge on any atom is -0.258 e. The Balaban J connectivity index is 1.65. The highest BCUT2D eigenvalue weighted by atomic mass is 79.9. The maximum Gasteiger partial charge on any atom is 0.269 e. The van der Waals surface area contributed by atoms with E-state index < -0.39 is 4.92 Å². The zero-order chi connectivity index (χ0) is 17.6. The van der Waals surface area contributed by atoms with E-state index in [2.05, 4.69) is 36.4 Å². The lowest BCUT2D eigenvalue weighted by Crippen LogP contribution is -1.96. The molecule has 0 radical (unpaired) electrons. The average molecular weight is 398 g/mol. The maximum atomic E-state index is 10.7. The summed E-state index contributed by atoms with van der Waals surface area (Å²) in [7, 11) is 0. The van der Waals surface area contributed by atoms with Gasteiger partial charge in [0, 0.05) is 34.6 Å². The number of nitro benzene ring substituents is 1. The molecule has 0 aliphatic rings. The van der Waals surface area contributed by atoms with E-state index in [0.29, 0.717) is 5.95 Å². The molecule has 7 nitrogen and oxygen atoms in total. The summed E-state index contributed by atoms with van der Waals surface area (Å²) in [6.07, 6.45) is 4.93. The van der Waals surface area contributed by atoms with Gasteiger partial charge in [0.25, 0.3) is 5.69 Å². The molecule has 3 aromatic rings. The van der Waals surface area contributed by atoms with Crippen molar-refractivity contribution in [2.75, 3.05) is 5.43 Å². The molecule has 0 atom stereocenters. The van der Waals surface area contributed by atoms with Crippen LogP contribution in [-0.2, 0) is 0 Å². The summed E-state index contributed by atoms with van der Waals surface area (Å²) in [5, 5.41) is 14.8. The summed E-state index contributed by atoms with van der Waals surface area (Å²) in [4.78, 5) is 18.6. The number of nitrogens with zero attached hydrogens (tertiary/aromatic N) is 4. The highest BCUT2D eigenvalue weighted by Gasteiger charge is 2.06. The molecule has 0 amide bonds. The van der Waals surface area contributed by atoms with E-state index in [1.54, 1.807) is 30.7 Å². The molecule has 0 bridgehead atoms. The Morgan fingerprint density at radius 1 is 1.00 bits per heavy atom. The fourth-order valence-electron chi connectivity index (χ4n) is 2.02. The van der Waals surface area contributed by atoms with Crippen LogP contribution in [0.2, 0.25) is 0 Å². The summed E-state index contributed by atoms with van der Waals surface area (Å²) >= 11 is 3.37. The van der Waals surface area contributed by atoms with E-state index in [4.69, 9.17) is 0 Å². The average Bonchev–Trinajstić information content (AvgIpc) is 2.64. The first kappa shape index (κ1) is 16.7. The van der Waals surface area contributed by atoms with Crippen LogP contribution >= 0.6 is 15.9 Å². The number of aromatic nitrogens is 2. The molecule has 0 aliphatic carbocycles. The van der Waals surface area contributed by atoms with Crippen LogP contribution in [0.1, 0.15) is 5.56 Å². The second-order valence-electron chi connectivity index (χ2n) is 5.02. The minimum absolute atomic E-state index is 0.0465. The summed E-state index contributed by atoms with van der Waals surface area (Å²) in [6, 6.07) is 13.9. The molecule has 3 rings (SSSR count). The van der Waals surface area contributed by atoms with E-state index in [-0.39, 0.29) is 5.69 Å². The van der Waals surface area contributed by atoms with Crippen molar-refractivity contribution in [2.24, 2.45) is 5.10 Å². The predicted molar refractivity (Wildman–Crippen MR) is 99.5 cm³/mol. The van der Waals surface area contributed by atoms with Crippen molar-refractivity contribution in [3.05, 3.63) is 81.1 Å². The largest absolute Gasteiger partial charge is 0.269 e. The van der Waals surface area contributed by atoms with Gasteiger partial charge in [0.2, 0.25) is 5.95 Å². The molecular weight excluding hydrogens is 386 g/mol. The van der Waals surface area contributed by atoms with Crippen LogP contribution in [-0.4, -0.2) is 21.1 Å². The van der Waals surface area contributed by atoms with Gasteiger partial charge in [-0.05, 0) is 35.4 Å². The summed E-state index contributed by atoms with van der Waals surface area (Å²) in [5.41, 5.74) is 5.31. The molecule has 0 unspecified atom stereocenters. The van der Waals surface area contributed by atoms with Crippen molar-refractivity contribution >= 4 is 33.8 Å². The van der Waals surface area contributed by atoms with Crippen molar-refractivity contribution < 1.29 is 4.92 Å². The lowest BCUT2D eigenvalue weighted by molar-refractivity contribution is -0.384. The smallest absolute Gasteiger partial charge is 0.258 e. The van der Waals surface area contributed by atoms with Crippen LogP contribution in [0.4, 0.5) is 11.6 Å². The molecule has 0 aliphatic heterocycles. The van der Waals surface area contributed by atoms with E-state index in [0.717, 1.165) is 21.2 Å². The van der Waals surface area contributed by atoms with Gasteiger partial charge in [0.15, 0.2) is 0 Å². The Morgan fingerprint density at radius 3 is 2.24 bits per heavy atom. The lowest BCUT2D eigenvalue weighted by Gasteiger charge is -2.02. The van der Waals surface area contributed by atoms with Gasteiger partial charge in [-0.1, -0.05) is 28.1 Å². The van der Waals surface area contributed by atoms with Crippen LogP contribution in [0.3, 0.4) is 0 Å². The quantitative estimate of drug-likeness (QED) is 0.394. The molecule has 0 saturated heterocycles. The normalized spacial score (nSPS) is 10.8. The van der Waals surface area contributed by atoms with Gasteiger partial charge in [-0.2, -0.15) is 5.10 Å². The Labute approximate surface area is 151 Å². The standard InChI is InChI=1S/C17H12BrN5O2/c18-15-5-1-12(2-6-15)9-21-22-17-19-10-14(11-20-17)13-3-7-16(8-4-13)23(24)25/h1-11H,(H,19,20,22)/b21-9-. The zero-order valence-electron chi connectivity index (χ0n) is 12.8. The summed E-state index contributed by atoms with van der Waals surface area (Å²) in [6.45, 7) is 0. The first-order valence-corrected chi connectivity index (χ1v) is 8.02. The van der Waals surface area contributed by atoms with Gasteiger partial charge >= 0.3 is 0 Å². The second-order valence-corrected chi connectivity index (χ2v) is 5.94. The number of nitro groups is 1. The van der Waals surface area contributed by atoms with Crippen molar-refractivity contribution in [3.8, 4) is 11.1 Å². The monoisotopic (exact) mass is 397 g/mol. The van der Waals surface area contributed by atoms with Gasteiger partial charge in [-0.15, -0.1) is 0 Å². The number of hydrazone groups is 1. The second kappa shape index (κ2) is 7.63. The third-order valence-corrected chi connectivity index (χ3v) is 3.84. The number of non-ortho nitro benzene ring substituents is 1. The third-order valence-electron chi connectivity index (χ3n) is 3.31. The third kappa shape index (κ3) is 4.45. The highest BCUT2D eigenvalue weighted by molar-refractivity contribution is 9.10. The topological polar surface area (TPSA) is 93.3 Å². The van der Waals surface area contributed by atoms with Crippen molar-refractivity contribution in [3.63, 3.8) is 0 Å². The first-order valence-electron chi connectivity index (χ1n) is 7.23. The predicted octanol–water partition coefficient (Wildman–Crippen LogP) is 4.26. The molecule has 8 heteroatoms. The van der Waals surface area contributed by atoms with Crippen LogP contribution in [0, 0.1) is 10.1 Å². The fourth-order valence-corrected chi connectivity index (χ4v) is 2.29. The molecule has 1 heterocycles. The van der Waals surface area contributed by atoms with E-state index in [1.807, 2.05) is 24.3 Å². The Kier molecular flexibility index (Phi) is 5.10. The molecule has 1 N–H and O–H groups in total. The van der Waals surface area contributed by atoms with Crippen molar-refractivity contribution in [1.82, 2.24) is 9.97 Å². The zero-order valence-corrected chi connectivity index (χ0v) is 14.4. The van der Waals surface area contributed by atoms with Gasteiger partial charge in [0.1, 0.15) is 0 Å². The van der Waals surface area contributed by atoms with Crippen LogP contribution in [0.15, 0.2) is 70.5 Å². The first-order chi connectivity index (χ1) is 12.1. The van der Waals surface area contributed by atoms with Crippen LogP contribution < -0.4 is 5.43 Å². The van der Waals surface area contributed by atoms with E-state index in [9.17, 15) is 10.1 Å². The SMILES string of the molecule is O=[N+]([O-])c1ccc(-c2cnc(N/N=C\c3ccc(Br)cc3)nc2)cc1. The number of hydrogen-bond donors (Lipinski definition) is 1. The van der Waals surface area contributed by atoms with Crippen LogP contribution in [0.5, 0.6) is 0 Å². The van der Waals surface area contributed by atoms with Crippen molar-refractivity contribution in [2.45, 2.75) is 0 Å².